The van der Waals surface area contributed by atoms with E-state index >= 15 is 0 Å². The number of para-hydroxylation sites is 1. The fourth-order valence-electron chi connectivity index (χ4n) is 2.68. The summed E-state index contributed by atoms with van der Waals surface area (Å²) in [5.41, 5.74) is 0.733. The predicted molar refractivity (Wildman–Crippen MR) is 106 cm³/mol. The second-order valence-corrected chi connectivity index (χ2v) is 8.23. The van der Waals surface area contributed by atoms with Gasteiger partial charge in [0.15, 0.2) is 0 Å². The average Bonchev–Trinajstić information content (AvgIpc) is 2.73. The summed E-state index contributed by atoms with van der Waals surface area (Å²) in [7, 11) is -2.83. The Morgan fingerprint density at radius 2 is 1.66 bits per heavy atom. The predicted octanol–water partition coefficient (Wildman–Crippen LogP) is 3.72. The number of carbonyl (C=O) groups excluding carboxylic acids is 1. The minimum atomic E-state index is -4.07. The number of nitrogens with zero attached hydrogens (tertiary/aromatic N) is 1. The summed E-state index contributed by atoms with van der Waals surface area (Å²) in [6.07, 6.45) is 0. The lowest BCUT2D eigenvalue weighted by atomic mass is 10.2. The van der Waals surface area contributed by atoms with E-state index in [1.807, 2.05) is 0 Å². The molecule has 0 aliphatic heterocycles. The molecule has 3 rings (SSSR count). The molecule has 0 fully saturated rings. The third-order valence-corrected chi connectivity index (χ3v) is 6.08. The Morgan fingerprint density at radius 3 is 2.34 bits per heavy atom. The van der Waals surface area contributed by atoms with E-state index in [0.29, 0.717) is 5.56 Å². The summed E-state index contributed by atoms with van der Waals surface area (Å²) in [6.45, 7) is 0.158. The largest absolute Gasteiger partial charge is 0.348 e. The Kier molecular flexibility index (Phi) is 5.93. The maximum absolute atomic E-state index is 14.0. The zero-order chi connectivity index (χ0) is 21.0. The maximum Gasteiger partial charge on any atom is 0.264 e. The van der Waals surface area contributed by atoms with Crippen molar-refractivity contribution in [1.29, 1.82) is 0 Å². The summed E-state index contributed by atoms with van der Waals surface area (Å²) in [6, 6.07) is 16.6. The van der Waals surface area contributed by atoms with Crippen LogP contribution >= 0.6 is 0 Å². The van der Waals surface area contributed by atoms with Gasteiger partial charge in [-0.05, 0) is 48.0 Å². The van der Waals surface area contributed by atoms with Crippen LogP contribution in [-0.4, -0.2) is 21.4 Å². The Balaban J connectivity index is 1.80. The Bertz CT molecular complexity index is 1130. The van der Waals surface area contributed by atoms with E-state index in [0.717, 1.165) is 4.31 Å². The first-order valence-electron chi connectivity index (χ1n) is 8.65. The molecule has 0 spiro atoms. The zero-order valence-electron chi connectivity index (χ0n) is 15.5. The second-order valence-electron chi connectivity index (χ2n) is 6.26. The van der Waals surface area contributed by atoms with Crippen molar-refractivity contribution in [2.24, 2.45) is 0 Å². The van der Waals surface area contributed by atoms with Gasteiger partial charge in [-0.2, -0.15) is 0 Å². The van der Waals surface area contributed by atoms with Crippen LogP contribution in [0.25, 0.3) is 0 Å². The molecular weight excluding hydrogens is 398 g/mol. The highest BCUT2D eigenvalue weighted by Crippen LogP contribution is 2.25. The number of hydrogen-bond donors (Lipinski definition) is 1. The smallest absolute Gasteiger partial charge is 0.264 e. The van der Waals surface area contributed by atoms with Crippen molar-refractivity contribution in [2.45, 2.75) is 11.4 Å². The van der Waals surface area contributed by atoms with Gasteiger partial charge in [-0.15, -0.1) is 0 Å². The van der Waals surface area contributed by atoms with E-state index in [2.05, 4.69) is 5.32 Å². The van der Waals surface area contributed by atoms with Crippen molar-refractivity contribution in [1.82, 2.24) is 5.32 Å². The van der Waals surface area contributed by atoms with E-state index in [4.69, 9.17) is 0 Å². The standard InChI is InChI=1S/C21H18F2N2O3S/c1-25(20-8-3-2-7-19(20)23)29(27,28)18-6-4-5-16(13-18)21(26)24-14-15-9-11-17(22)12-10-15/h2-13H,14H2,1H3,(H,24,26). The molecule has 5 nitrogen and oxygen atoms in total. The normalized spacial score (nSPS) is 11.1. The van der Waals surface area contributed by atoms with Crippen LogP contribution in [0.5, 0.6) is 0 Å². The van der Waals surface area contributed by atoms with Gasteiger partial charge in [-0.1, -0.05) is 30.3 Å². The molecular formula is C21H18F2N2O3S. The molecule has 1 N–H and O–H groups in total. The number of rotatable bonds is 6. The van der Waals surface area contributed by atoms with Crippen LogP contribution in [0.4, 0.5) is 14.5 Å². The average molecular weight is 416 g/mol. The third-order valence-electron chi connectivity index (χ3n) is 4.31. The molecule has 0 aromatic heterocycles. The van der Waals surface area contributed by atoms with Gasteiger partial charge < -0.3 is 5.32 Å². The molecule has 8 heteroatoms. The molecule has 150 valence electrons. The number of benzene rings is 3. The Morgan fingerprint density at radius 1 is 0.966 bits per heavy atom. The van der Waals surface area contributed by atoms with Gasteiger partial charge >= 0.3 is 0 Å². The molecule has 0 unspecified atom stereocenters. The molecule has 1 amide bonds. The van der Waals surface area contributed by atoms with Gasteiger partial charge in [0.2, 0.25) is 0 Å². The molecule has 0 saturated carbocycles. The second kappa shape index (κ2) is 8.40. The number of sulfonamides is 1. The molecule has 0 radical (unpaired) electrons. The van der Waals surface area contributed by atoms with Gasteiger partial charge in [0.1, 0.15) is 11.6 Å². The zero-order valence-corrected chi connectivity index (χ0v) is 16.3. The molecule has 0 saturated heterocycles. The Labute approximate surface area is 167 Å². The Hall–Kier alpha value is -3.26. The van der Waals surface area contributed by atoms with Crippen molar-refractivity contribution in [3.63, 3.8) is 0 Å². The topological polar surface area (TPSA) is 66.5 Å². The van der Waals surface area contributed by atoms with Crippen LogP contribution in [0.3, 0.4) is 0 Å². The van der Waals surface area contributed by atoms with Crippen molar-refractivity contribution in [2.75, 3.05) is 11.4 Å². The molecule has 3 aromatic rings. The van der Waals surface area contributed by atoms with Crippen LogP contribution < -0.4 is 9.62 Å². The van der Waals surface area contributed by atoms with Gasteiger partial charge in [-0.3, -0.25) is 9.10 Å². The summed E-state index contributed by atoms with van der Waals surface area (Å²) in [5.74, 6) is -1.54. The fraction of sp³-hybridized carbons (Fsp3) is 0.0952. The number of hydrogen-bond acceptors (Lipinski definition) is 3. The first kappa shape index (κ1) is 20.5. The van der Waals surface area contributed by atoms with Gasteiger partial charge in [0, 0.05) is 19.2 Å². The van der Waals surface area contributed by atoms with Gasteiger partial charge in [-0.25, -0.2) is 17.2 Å². The lowest BCUT2D eigenvalue weighted by Crippen LogP contribution is -2.28. The summed E-state index contributed by atoms with van der Waals surface area (Å²) in [5, 5.41) is 2.65. The number of carbonyl (C=O) groups is 1. The van der Waals surface area contributed by atoms with Crippen molar-refractivity contribution in [3.8, 4) is 0 Å². The minimum absolute atomic E-state index is 0.0985. The first-order chi connectivity index (χ1) is 13.8. The molecule has 0 atom stereocenters. The molecule has 0 heterocycles. The molecule has 29 heavy (non-hydrogen) atoms. The van der Waals surface area contributed by atoms with Gasteiger partial charge in [0.05, 0.1) is 10.6 Å². The summed E-state index contributed by atoms with van der Waals surface area (Å²) in [4.78, 5) is 12.3. The quantitative estimate of drug-likeness (QED) is 0.666. The van der Waals surface area contributed by atoms with Crippen LogP contribution in [-0.2, 0) is 16.6 Å². The van der Waals surface area contributed by atoms with E-state index in [9.17, 15) is 22.0 Å². The van der Waals surface area contributed by atoms with E-state index < -0.39 is 21.7 Å². The number of nitrogens with one attached hydrogen (secondary N) is 1. The highest BCUT2D eigenvalue weighted by Gasteiger charge is 2.24. The number of halogens is 2. The van der Waals surface area contributed by atoms with Crippen LogP contribution in [0.15, 0.2) is 77.7 Å². The fourth-order valence-corrected chi connectivity index (χ4v) is 3.93. The highest BCUT2D eigenvalue weighted by atomic mass is 32.2. The van der Waals surface area contributed by atoms with E-state index in [1.54, 1.807) is 12.1 Å². The molecule has 0 aliphatic carbocycles. The maximum atomic E-state index is 14.0. The molecule has 3 aromatic carbocycles. The van der Waals surface area contributed by atoms with Crippen molar-refractivity contribution < 1.29 is 22.0 Å². The number of anilines is 1. The summed E-state index contributed by atoms with van der Waals surface area (Å²) < 4.78 is 53.5. The highest BCUT2D eigenvalue weighted by molar-refractivity contribution is 7.92. The lowest BCUT2D eigenvalue weighted by molar-refractivity contribution is 0.0950. The monoisotopic (exact) mass is 416 g/mol. The van der Waals surface area contributed by atoms with Crippen LogP contribution in [0.1, 0.15) is 15.9 Å². The van der Waals surface area contributed by atoms with Gasteiger partial charge in [0.25, 0.3) is 15.9 Å². The first-order valence-corrected chi connectivity index (χ1v) is 10.1. The number of amides is 1. The third kappa shape index (κ3) is 4.60. The van der Waals surface area contributed by atoms with E-state index in [1.165, 1.54) is 67.7 Å². The van der Waals surface area contributed by atoms with Crippen LogP contribution in [0, 0.1) is 11.6 Å². The molecule has 0 aliphatic rings. The van der Waals surface area contributed by atoms with E-state index in [-0.39, 0.29) is 28.5 Å². The summed E-state index contributed by atoms with van der Waals surface area (Å²) >= 11 is 0. The molecule has 0 bridgehead atoms. The minimum Gasteiger partial charge on any atom is -0.348 e. The van der Waals surface area contributed by atoms with Crippen molar-refractivity contribution >= 4 is 21.6 Å². The van der Waals surface area contributed by atoms with Crippen molar-refractivity contribution in [3.05, 3.63) is 95.6 Å². The SMILES string of the molecule is CN(c1ccccc1F)S(=O)(=O)c1cccc(C(=O)NCc2ccc(F)cc2)c1. The lowest BCUT2D eigenvalue weighted by Gasteiger charge is -2.20. The van der Waals surface area contributed by atoms with Crippen LogP contribution in [0.2, 0.25) is 0 Å².